The summed E-state index contributed by atoms with van der Waals surface area (Å²) in [6.45, 7) is 1.87. The van der Waals surface area contributed by atoms with Gasteiger partial charge in [0.1, 0.15) is 5.75 Å². The van der Waals surface area contributed by atoms with E-state index < -0.39 is 0 Å². The monoisotopic (exact) mass is 297 g/mol. The number of methoxy groups -OCH3 is 1. The van der Waals surface area contributed by atoms with E-state index >= 15 is 0 Å². The van der Waals surface area contributed by atoms with Gasteiger partial charge in [-0.15, -0.1) is 0 Å². The third kappa shape index (κ3) is 3.08. The van der Waals surface area contributed by atoms with Crippen molar-refractivity contribution in [3.8, 4) is 5.75 Å². The number of amides is 1. The van der Waals surface area contributed by atoms with Gasteiger partial charge in [0.25, 0.3) is 0 Å². The molecule has 0 saturated heterocycles. The molecule has 1 saturated carbocycles. The predicted octanol–water partition coefficient (Wildman–Crippen LogP) is 3.10. The fourth-order valence-corrected chi connectivity index (χ4v) is 2.39. The number of carbonyl (C=O) groups excluding carboxylic acids is 1. The van der Waals surface area contributed by atoms with E-state index in [1.807, 2.05) is 31.2 Å². The lowest BCUT2D eigenvalue weighted by Gasteiger charge is -2.14. The van der Waals surface area contributed by atoms with Crippen LogP contribution in [0.3, 0.4) is 0 Å². The molecule has 2 aromatic rings. The SMILES string of the molecule is COc1cccc(C(C)C(=O)Nc2nccnc2C2CC2)c1. The molecule has 1 aromatic heterocycles. The van der Waals surface area contributed by atoms with Crippen molar-refractivity contribution in [1.29, 1.82) is 0 Å². The minimum absolute atomic E-state index is 0.0874. The van der Waals surface area contributed by atoms with E-state index in [-0.39, 0.29) is 11.8 Å². The molecule has 1 aromatic carbocycles. The lowest BCUT2D eigenvalue weighted by atomic mass is 10.00. The van der Waals surface area contributed by atoms with Crippen LogP contribution in [0.5, 0.6) is 5.75 Å². The smallest absolute Gasteiger partial charge is 0.232 e. The number of ether oxygens (including phenoxy) is 1. The van der Waals surface area contributed by atoms with Gasteiger partial charge in [-0.3, -0.25) is 9.78 Å². The van der Waals surface area contributed by atoms with E-state index in [0.29, 0.717) is 11.7 Å². The fourth-order valence-electron chi connectivity index (χ4n) is 2.39. The molecule has 0 aliphatic heterocycles. The molecule has 3 rings (SSSR count). The molecule has 0 spiro atoms. The van der Waals surface area contributed by atoms with Crippen molar-refractivity contribution in [2.75, 3.05) is 12.4 Å². The second kappa shape index (κ2) is 6.13. The van der Waals surface area contributed by atoms with E-state index in [1.165, 1.54) is 0 Å². The fraction of sp³-hybridized carbons (Fsp3) is 0.353. The average molecular weight is 297 g/mol. The van der Waals surface area contributed by atoms with Crippen LogP contribution < -0.4 is 10.1 Å². The van der Waals surface area contributed by atoms with Gasteiger partial charge in [0, 0.05) is 18.3 Å². The van der Waals surface area contributed by atoms with Crippen LogP contribution in [0.4, 0.5) is 5.82 Å². The molecule has 1 aliphatic rings. The Labute approximate surface area is 129 Å². The van der Waals surface area contributed by atoms with Crippen molar-refractivity contribution in [3.05, 3.63) is 47.9 Å². The summed E-state index contributed by atoms with van der Waals surface area (Å²) in [4.78, 5) is 21.1. The first-order valence-electron chi connectivity index (χ1n) is 7.44. The Hall–Kier alpha value is -2.43. The summed E-state index contributed by atoms with van der Waals surface area (Å²) < 4.78 is 5.21. The first-order chi connectivity index (χ1) is 10.7. The van der Waals surface area contributed by atoms with E-state index in [9.17, 15) is 4.79 Å². The van der Waals surface area contributed by atoms with Crippen LogP contribution in [-0.4, -0.2) is 23.0 Å². The molecule has 1 aliphatic carbocycles. The molecule has 0 bridgehead atoms. The zero-order chi connectivity index (χ0) is 15.5. The topological polar surface area (TPSA) is 64.1 Å². The third-order valence-electron chi connectivity index (χ3n) is 3.92. The van der Waals surface area contributed by atoms with Crippen LogP contribution >= 0.6 is 0 Å². The zero-order valence-electron chi connectivity index (χ0n) is 12.7. The maximum atomic E-state index is 12.5. The van der Waals surface area contributed by atoms with Crippen molar-refractivity contribution in [2.24, 2.45) is 0 Å². The van der Waals surface area contributed by atoms with Crippen LogP contribution in [0.2, 0.25) is 0 Å². The number of aromatic nitrogens is 2. The second-order valence-corrected chi connectivity index (χ2v) is 5.55. The Morgan fingerprint density at radius 2 is 2.09 bits per heavy atom. The highest BCUT2D eigenvalue weighted by molar-refractivity contribution is 5.95. The van der Waals surface area contributed by atoms with Crippen LogP contribution in [0, 0.1) is 0 Å². The Kier molecular flexibility index (Phi) is 4.04. The van der Waals surface area contributed by atoms with Gasteiger partial charge < -0.3 is 10.1 Å². The first kappa shape index (κ1) is 14.5. The average Bonchev–Trinajstić information content (AvgIpc) is 3.39. The van der Waals surface area contributed by atoms with Crippen molar-refractivity contribution < 1.29 is 9.53 Å². The molecule has 1 heterocycles. The summed E-state index contributed by atoms with van der Waals surface area (Å²) in [5.41, 5.74) is 1.81. The highest BCUT2D eigenvalue weighted by atomic mass is 16.5. The molecule has 5 heteroatoms. The summed E-state index contributed by atoms with van der Waals surface area (Å²) in [7, 11) is 1.62. The predicted molar refractivity (Wildman–Crippen MR) is 84.0 cm³/mol. The number of carbonyl (C=O) groups is 1. The number of rotatable bonds is 5. The zero-order valence-corrected chi connectivity index (χ0v) is 12.7. The van der Waals surface area contributed by atoms with Crippen molar-refractivity contribution in [1.82, 2.24) is 9.97 Å². The number of benzene rings is 1. The van der Waals surface area contributed by atoms with Gasteiger partial charge in [-0.25, -0.2) is 4.98 Å². The Bertz CT molecular complexity index is 683. The minimum Gasteiger partial charge on any atom is -0.497 e. The number of hydrogen-bond acceptors (Lipinski definition) is 4. The number of nitrogens with zero attached hydrogens (tertiary/aromatic N) is 2. The molecule has 1 amide bonds. The van der Waals surface area contributed by atoms with Crippen molar-refractivity contribution in [3.63, 3.8) is 0 Å². The standard InChI is InChI=1S/C17H19N3O2/c1-11(13-4-3-5-14(10-13)22-2)17(21)20-16-15(12-6-7-12)18-8-9-19-16/h3-5,8-12H,6-7H2,1-2H3,(H,19,20,21). The van der Waals surface area contributed by atoms with Gasteiger partial charge in [0.2, 0.25) is 5.91 Å². The molecular weight excluding hydrogens is 278 g/mol. The van der Waals surface area contributed by atoms with Crippen LogP contribution in [0.15, 0.2) is 36.7 Å². The van der Waals surface area contributed by atoms with Crippen LogP contribution in [0.1, 0.15) is 42.9 Å². The lowest BCUT2D eigenvalue weighted by Crippen LogP contribution is -2.20. The largest absolute Gasteiger partial charge is 0.497 e. The van der Waals surface area contributed by atoms with Gasteiger partial charge in [0.15, 0.2) is 5.82 Å². The second-order valence-electron chi connectivity index (χ2n) is 5.55. The molecule has 22 heavy (non-hydrogen) atoms. The minimum atomic E-state index is -0.288. The summed E-state index contributed by atoms with van der Waals surface area (Å²) in [6.07, 6.45) is 5.52. The van der Waals surface area contributed by atoms with Crippen molar-refractivity contribution >= 4 is 11.7 Å². The normalized spacial score (nSPS) is 15.2. The molecule has 5 nitrogen and oxygen atoms in total. The number of nitrogens with one attached hydrogen (secondary N) is 1. The van der Waals surface area contributed by atoms with Gasteiger partial charge in [0.05, 0.1) is 18.7 Å². The summed E-state index contributed by atoms with van der Waals surface area (Å²) in [5.74, 6) is 1.40. The highest BCUT2D eigenvalue weighted by Crippen LogP contribution is 2.41. The highest BCUT2D eigenvalue weighted by Gasteiger charge is 2.29. The number of hydrogen-bond donors (Lipinski definition) is 1. The number of anilines is 1. The van der Waals surface area contributed by atoms with E-state index in [0.717, 1.165) is 29.8 Å². The molecule has 1 unspecified atom stereocenters. The Morgan fingerprint density at radius 1 is 1.32 bits per heavy atom. The van der Waals surface area contributed by atoms with Crippen LogP contribution in [-0.2, 0) is 4.79 Å². The molecule has 1 atom stereocenters. The molecular formula is C17H19N3O2. The Balaban J connectivity index is 1.76. The van der Waals surface area contributed by atoms with Crippen LogP contribution in [0.25, 0.3) is 0 Å². The van der Waals surface area contributed by atoms with Crippen molar-refractivity contribution in [2.45, 2.75) is 31.6 Å². The van der Waals surface area contributed by atoms with E-state index in [1.54, 1.807) is 19.5 Å². The molecule has 0 radical (unpaired) electrons. The lowest BCUT2D eigenvalue weighted by molar-refractivity contribution is -0.117. The maximum Gasteiger partial charge on any atom is 0.232 e. The third-order valence-corrected chi connectivity index (χ3v) is 3.92. The summed E-state index contributed by atoms with van der Waals surface area (Å²) in [6, 6.07) is 7.55. The van der Waals surface area contributed by atoms with E-state index in [4.69, 9.17) is 4.74 Å². The summed E-state index contributed by atoms with van der Waals surface area (Å²) >= 11 is 0. The maximum absolute atomic E-state index is 12.5. The molecule has 1 fully saturated rings. The van der Waals surface area contributed by atoms with E-state index in [2.05, 4.69) is 15.3 Å². The van der Waals surface area contributed by atoms with Gasteiger partial charge in [-0.1, -0.05) is 12.1 Å². The Morgan fingerprint density at radius 3 is 2.82 bits per heavy atom. The van der Waals surface area contributed by atoms with Gasteiger partial charge in [-0.05, 0) is 37.5 Å². The quantitative estimate of drug-likeness (QED) is 0.921. The van der Waals surface area contributed by atoms with Gasteiger partial charge >= 0.3 is 0 Å². The van der Waals surface area contributed by atoms with Gasteiger partial charge in [-0.2, -0.15) is 0 Å². The first-order valence-corrected chi connectivity index (χ1v) is 7.44. The summed E-state index contributed by atoms with van der Waals surface area (Å²) in [5, 5.41) is 2.91. The molecule has 114 valence electrons. The molecule has 1 N–H and O–H groups in total.